The molecule has 1 saturated heterocycles. The molecule has 0 radical (unpaired) electrons. The van der Waals surface area contributed by atoms with E-state index in [4.69, 9.17) is 5.11 Å². The van der Waals surface area contributed by atoms with Gasteiger partial charge in [0, 0.05) is 11.1 Å². The molecule has 1 aromatic rings. The highest BCUT2D eigenvalue weighted by Gasteiger charge is 2.18. The van der Waals surface area contributed by atoms with Gasteiger partial charge in [0.05, 0.1) is 12.5 Å². The van der Waals surface area contributed by atoms with Gasteiger partial charge in [-0.25, -0.2) is 4.98 Å². The number of carboxylic acids is 1. The summed E-state index contributed by atoms with van der Waals surface area (Å²) in [6, 6.07) is 0.339. The molecule has 1 unspecified atom stereocenters. The molecule has 4 nitrogen and oxygen atoms in total. The van der Waals surface area contributed by atoms with E-state index < -0.39 is 5.97 Å². The Bertz CT molecular complexity index is 345. The Kier molecular flexibility index (Phi) is 3.33. The van der Waals surface area contributed by atoms with Crippen molar-refractivity contribution in [2.45, 2.75) is 31.7 Å². The van der Waals surface area contributed by atoms with E-state index in [1.165, 1.54) is 24.2 Å². The van der Waals surface area contributed by atoms with Crippen LogP contribution in [-0.2, 0) is 11.2 Å². The molecule has 0 saturated carbocycles. The van der Waals surface area contributed by atoms with Crippen LogP contribution in [0.2, 0.25) is 0 Å². The number of aromatic nitrogens is 1. The van der Waals surface area contributed by atoms with Crippen LogP contribution >= 0.6 is 11.3 Å². The average molecular weight is 226 g/mol. The number of aliphatic carboxylic acids is 1. The summed E-state index contributed by atoms with van der Waals surface area (Å²) < 4.78 is 0. The monoisotopic (exact) mass is 226 g/mol. The third kappa shape index (κ3) is 2.76. The number of thiazole rings is 1. The Morgan fingerprint density at radius 3 is 3.20 bits per heavy atom. The van der Waals surface area contributed by atoms with Crippen LogP contribution in [0.1, 0.15) is 35.2 Å². The minimum absolute atomic E-state index is 0.0877. The number of carbonyl (C=O) groups is 1. The lowest BCUT2D eigenvalue weighted by Crippen LogP contribution is -2.26. The van der Waals surface area contributed by atoms with Crippen molar-refractivity contribution < 1.29 is 9.90 Å². The second-order valence-electron chi connectivity index (χ2n) is 3.74. The fourth-order valence-corrected chi connectivity index (χ4v) is 2.80. The van der Waals surface area contributed by atoms with Gasteiger partial charge in [0.2, 0.25) is 0 Å². The zero-order valence-electron chi connectivity index (χ0n) is 8.40. The first kappa shape index (κ1) is 10.6. The normalized spacial score (nSPS) is 21.5. The Balaban J connectivity index is 2.02. The lowest BCUT2D eigenvalue weighted by molar-refractivity contribution is -0.136. The summed E-state index contributed by atoms with van der Waals surface area (Å²) in [6.45, 7) is 1.04. The molecular weight excluding hydrogens is 212 g/mol. The van der Waals surface area contributed by atoms with Gasteiger partial charge in [0.15, 0.2) is 0 Å². The summed E-state index contributed by atoms with van der Waals surface area (Å²) >= 11 is 1.51. The fourth-order valence-electron chi connectivity index (χ4n) is 1.78. The minimum atomic E-state index is -0.790. The Hall–Kier alpha value is -0.940. The molecule has 15 heavy (non-hydrogen) atoms. The van der Waals surface area contributed by atoms with E-state index >= 15 is 0 Å². The topological polar surface area (TPSA) is 62.2 Å². The van der Waals surface area contributed by atoms with Crippen molar-refractivity contribution in [3.05, 3.63) is 16.1 Å². The number of rotatable bonds is 3. The Labute approximate surface area is 92.3 Å². The summed E-state index contributed by atoms with van der Waals surface area (Å²) in [7, 11) is 0. The van der Waals surface area contributed by atoms with Crippen LogP contribution in [-0.4, -0.2) is 22.6 Å². The number of nitrogens with zero attached hydrogens (tertiary/aromatic N) is 1. The number of nitrogens with one attached hydrogen (secondary N) is 1. The minimum Gasteiger partial charge on any atom is -0.481 e. The average Bonchev–Trinajstić information content (AvgIpc) is 2.67. The Morgan fingerprint density at radius 2 is 2.53 bits per heavy atom. The molecule has 2 heterocycles. The third-order valence-electron chi connectivity index (χ3n) is 2.51. The van der Waals surface area contributed by atoms with E-state index in [9.17, 15) is 4.79 Å². The summed E-state index contributed by atoms with van der Waals surface area (Å²) in [5, 5.41) is 13.1. The van der Waals surface area contributed by atoms with Crippen molar-refractivity contribution in [1.82, 2.24) is 10.3 Å². The molecule has 1 fully saturated rings. The van der Waals surface area contributed by atoms with Gasteiger partial charge in [-0.2, -0.15) is 0 Å². The van der Waals surface area contributed by atoms with E-state index in [1.807, 2.05) is 0 Å². The van der Waals surface area contributed by atoms with E-state index in [0.29, 0.717) is 6.04 Å². The molecule has 0 bridgehead atoms. The van der Waals surface area contributed by atoms with E-state index in [-0.39, 0.29) is 6.42 Å². The quantitative estimate of drug-likeness (QED) is 0.821. The maximum Gasteiger partial charge on any atom is 0.308 e. The van der Waals surface area contributed by atoms with Crippen molar-refractivity contribution in [1.29, 1.82) is 0 Å². The first-order valence-electron chi connectivity index (χ1n) is 5.15. The van der Waals surface area contributed by atoms with Crippen LogP contribution in [0.5, 0.6) is 0 Å². The van der Waals surface area contributed by atoms with Crippen LogP contribution in [0.3, 0.4) is 0 Å². The highest BCUT2D eigenvalue weighted by molar-refractivity contribution is 7.11. The number of piperidine rings is 1. The molecule has 1 atom stereocenters. The fraction of sp³-hybridized carbons (Fsp3) is 0.600. The predicted molar refractivity (Wildman–Crippen MR) is 58.0 cm³/mol. The summed E-state index contributed by atoms with van der Waals surface area (Å²) in [4.78, 5) is 15.6. The van der Waals surface area contributed by atoms with Gasteiger partial charge in [0.25, 0.3) is 0 Å². The largest absolute Gasteiger partial charge is 0.481 e. The zero-order chi connectivity index (χ0) is 10.7. The molecule has 2 rings (SSSR count). The van der Waals surface area contributed by atoms with Crippen LogP contribution < -0.4 is 5.32 Å². The highest BCUT2D eigenvalue weighted by atomic mass is 32.1. The molecule has 0 spiro atoms. The van der Waals surface area contributed by atoms with E-state index in [2.05, 4.69) is 10.3 Å². The van der Waals surface area contributed by atoms with Gasteiger partial charge in [-0.15, -0.1) is 11.3 Å². The van der Waals surface area contributed by atoms with Crippen LogP contribution in [0.4, 0.5) is 0 Å². The molecule has 5 heteroatoms. The maximum absolute atomic E-state index is 10.5. The second-order valence-corrected chi connectivity index (χ2v) is 4.88. The first-order valence-corrected chi connectivity index (χ1v) is 5.97. The molecule has 1 aromatic heterocycles. The number of hydrogen-bond acceptors (Lipinski definition) is 4. The van der Waals surface area contributed by atoms with Crippen molar-refractivity contribution in [3.63, 3.8) is 0 Å². The van der Waals surface area contributed by atoms with Gasteiger partial charge in [-0.05, 0) is 19.4 Å². The molecule has 0 aromatic carbocycles. The molecule has 0 amide bonds. The van der Waals surface area contributed by atoms with Crippen molar-refractivity contribution in [2.75, 3.05) is 6.54 Å². The van der Waals surface area contributed by atoms with Gasteiger partial charge >= 0.3 is 5.97 Å². The van der Waals surface area contributed by atoms with Gasteiger partial charge < -0.3 is 10.4 Å². The lowest BCUT2D eigenvalue weighted by atomic mass is 10.1. The molecule has 2 N–H and O–H groups in total. The van der Waals surface area contributed by atoms with Crippen LogP contribution in [0.15, 0.2) is 6.20 Å². The molecule has 0 aliphatic carbocycles. The number of carboxylic acid groups (broad SMARTS) is 1. The van der Waals surface area contributed by atoms with Gasteiger partial charge in [-0.3, -0.25) is 4.79 Å². The molecular formula is C10H14N2O2S. The van der Waals surface area contributed by atoms with E-state index in [1.54, 1.807) is 6.20 Å². The predicted octanol–water partition coefficient (Wildman–Crippen LogP) is 1.58. The maximum atomic E-state index is 10.5. The lowest BCUT2D eigenvalue weighted by Gasteiger charge is -2.21. The van der Waals surface area contributed by atoms with Crippen molar-refractivity contribution in [2.24, 2.45) is 0 Å². The summed E-state index contributed by atoms with van der Waals surface area (Å²) in [5.74, 6) is -0.790. The zero-order valence-corrected chi connectivity index (χ0v) is 9.22. The molecule has 82 valence electrons. The molecule has 1 aliphatic heterocycles. The van der Waals surface area contributed by atoms with Gasteiger partial charge in [-0.1, -0.05) is 6.42 Å². The number of hydrogen-bond donors (Lipinski definition) is 2. The third-order valence-corrected chi connectivity index (χ3v) is 3.62. The standard InChI is InChI=1S/C10H14N2O2S/c13-9(14)5-7-6-12-10(15-7)8-3-1-2-4-11-8/h6,8,11H,1-5H2,(H,13,14). The van der Waals surface area contributed by atoms with Gasteiger partial charge in [0.1, 0.15) is 5.01 Å². The second kappa shape index (κ2) is 4.72. The van der Waals surface area contributed by atoms with E-state index in [0.717, 1.165) is 22.9 Å². The summed E-state index contributed by atoms with van der Waals surface area (Å²) in [6.07, 6.45) is 5.34. The molecule has 1 aliphatic rings. The Morgan fingerprint density at radius 1 is 1.67 bits per heavy atom. The van der Waals surface area contributed by atoms with Crippen molar-refractivity contribution >= 4 is 17.3 Å². The smallest absolute Gasteiger partial charge is 0.308 e. The van der Waals surface area contributed by atoms with Crippen LogP contribution in [0.25, 0.3) is 0 Å². The highest BCUT2D eigenvalue weighted by Crippen LogP contribution is 2.26. The summed E-state index contributed by atoms with van der Waals surface area (Å²) in [5.41, 5.74) is 0. The first-order chi connectivity index (χ1) is 7.25. The van der Waals surface area contributed by atoms with Crippen LogP contribution in [0, 0.1) is 0 Å². The van der Waals surface area contributed by atoms with Crippen molar-refractivity contribution in [3.8, 4) is 0 Å². The SMILES string of the molecule is O=C(O)Cc1cnc(C2CCCCN2)s1.